The van der Waals surface area contributed by atoms with Crippen LogP contribution in [0.3, 0.4) is 0 Å². The average molecular weight is 809 g/mol. The largest absolute Gasteiger partial charge is 0.388 e. The van der Waals surface area contributed by atoms with Gasteiger partial charge < -0.3 is 31.5 Å². The third kappa shape index (κ3) is 11.0. The molecule has 2 heterocycles. The predicted octanol–water partition coefficient (Wildman–Crippen LogP) is 5.17. The zero-order chi connectivity index (χ0) is 42.8. The number of hydrogen-bond donors (Lipinski definition) is 6. The number of carbonyl (C=O) groups excluding carboxylic acids is 4. The van der Waals surface area contributed by atoms with Crippen LogP contribution in [0, 0.1) is 11.8 Å². The summed E-state index contributed by atoms with van der Waals surface area (Å²) in [5.41, 5.74) is 3.11. The molecule has 0 saturated carbocycles. The highest BCUT2D eigenvalue weighted by Crippen LogP contribution is 2.18. The topological polar surface area (TPSA) is 183 Å². The Morgan fingerprint density at radius 2 is 0.817 bits per heavy atom. The minimum Gasteiger partial charge on any atom is -0.388 e. The van der Waals surface area contributed by atoms with Crippen molar-refractivity contribution in [1.82, 2.24) is 31.2 Å². The summed E-state index contributed by atoms with van der Waals surface area (Å²) >= 11 is 0. The fraction of sp³-hybridized carbons (Fsp3) is 0.292. The molecule has 0 fully saturated rings. The molecule has 0 aliphatic carbocycles. The zero-order valence-corrected chi connectivity index (χ0v) is 34.2. The molecule has 0 unspecified atom stereocenters. The van der Waals surface area contributed by atoms with Gasteiger partial charge in [-0.2, -0.15) is 0 Å². The standard InChI is InChI=1S/C48H52N6O6/c1-29(2)41(53-45(57)37-25-23-33-19-11-13-21-35(33)49-37)47(59)51-39(27-31-15-7-5-8-16-31)43(55)44(56)40(28-32-17-9-6-10-18-32)52-48(60)42(30(3)4)54-46(58)38-26-24-34-20-12-14-22-36(34)50-38/h5-26,29-30,39-44,55-56H,27-28H2,1-4H3,(H,51,59)(H,52,60)(H,53,57)(H,54,58)/t39-,40-,41-,42-,43-,44+/m0/s1. The van der Waals surface area contributed by atoms with E-state index < -0.39 is 60.0 Å². The van der Waals surface area contributed by atoms with Crippen LogP contribution in [0.5, 0.6) is 0 Å². The van der Waals surface area contributed by atoms with Gasteiger partial charge in [0.25, 0.3) is 11.8 Å². The van der Waals surface area contributed by atoms with Crippen molar-refractivity contribution in [3.8, 4) is 0 Å². The molecular formula is C48H52N6O6. The Morgan fingerprint density at radius 3 is 1.18 bits per heavy atom. The lowest BCUT2D eigenvalue weighted by atomic mass is 9.90. The summed E-state index contributed by atoms with van der Waals surface area (Å²) in [5, 5.41) is 37.4. The lowest BCUT2D eigenvalue weighted by molar-refractivity contribution is -0.129. The smallest absolute Gasteiger partial charge is 0.270 e. The number of benzene rings is 4. The van der Waals surface area contributed by atoms with Crippen LogP contribution in [0.2, 0.25) is 0 Å². The molecule has 4 aromatic carbocycles. The van der Waals surface area contributed by atoms with Crippen LogP contribution in [0.25, 0.3) is 21.8 Å². The molecular weight excluding hydrogens is 757 g/mol. The van der Waals surface area contributed by atoms with E-state index in [9.17, 15) is 29.4 Å². The molecule has 60 heavy (non-hydrogen) atoms. The number of nitrogens with one attached hydrogen (secondary N) is 4. The van der Waals surface area contributed by atoms with Gasteiger partial charge in [-0.1, -0.05) is 137 Å². The molecule has 2 aromatic heterocycles. The van der Waals surface area contributed by atoms with E-state index in [1.54, 1.807) is 64.1 Å². The Balaban J connectivity index is 1.23. The van der Waals surface area contributed by atoms with Crippen molar-refractivity contribution in [3.05, 3.63) is 156 Å². The Hall–Kier alpha value is -6.50. The van der Waals surface area contributed by atoms with Gasteiger partial charge >= 0.3 is 0 Å². The summed E-state index contributed by atoms with van der Waals surface area (Å²) < 4.78 is 0. The lowest BCUT2D eigenvalue weighted by Crippen LogP contribution is -2.61. The maximum atomic E-state index is 14.1. The van der Waals surface area contributed by atoms with Gasteiger partial charge in [0, 0.05) is 10.8 Å². The van der Waals surface area contributed by atoms with E-state index in [4.69, 9.17) is 0 Å². The maximum absolute atomic E-state index is 14.1. The second-order valence-corrected chi connectivity index (χ2v) is 15.8. The van der Waals surface area contributed by atoms with Gasteiger partial charge in [-0.3, -0.25) is 19.2 Å². The van der Waals surface area contributed by atoms with Gasteiger partial charge in [0.1, 0.15) is 35.7 Å². The lowest BCUT2D eigenvalue weighted by Gasteiger charge is -2.35. The van der Waals surface area contributed by atoms with E-state index in [1.165, 1.54) is 0 Å². The van der Waals surface area contributed by atoms with Crippen molar-refractivity contribution < 1.29 is 29.4 Å². The van der Waals surface area contributed by atoms with Crippen molar-refractivity contribution in [2.24, 2.45) is 11.8 Å². The molecule has 0 bridgehead atoms. The number of rotatable bonds is 17. The first kappa shape index (κ1) is 43.1. The van der Waals surface area contributed by atoms with Crippen molar-refractivity contribution in [1.29, 1.82) is 0 Å². The highest BCUT2D eigenvalue weighted by Gasteiger charge is 2.38. The monoisotopic (exact) mass is 808 g/mol. The number of carbonyl (C=O) groups is 4. The second kappa shape index (κ2) is 20.0. The van der Waals surface area contributed by atoms with Crippen LogP contribution in [0.4, 0.5) is 0 Å². The molecule has 6 aromatic rings. The third-order valence-electron chi connectivity index (χ3n) is 10.6. The Labute approximate surface area is 349 Å². The molecule has 310 valence electrons. The zero-order valence-electron chi connectivity index (χ0n) is 34.2. The van der Waals surface area contributed by atoms with Crippen LogP contribution in [0.1, 0.15) is 59.8 Å². The molecule has 0 aliphatic heterocycles. The van der Waals surface area contributed by atoms with Gasteiger partial charge in [0.15, 0.2) is 0 Å². The normalized spacial score (nSPS) is 14.5. The molecule has 12 heteroatoms. The summed E-state index contributed by atoms with van der Waals surface area (Å²) in [6.07, 6.45) is -2.98. The summed E-state index contributed by atoms with van der Waals surface area (Å²) in [4.78, 5) is 64.2. The molecule has 6 atom stereocenters. The van der Waals surface area contributed by atoms with Crippen LogP contribution in [-0.2, 0) is 22.4 Å². The molecule has 6 rings (SSSR count). The summed E-state index contributed by atoms with van der Waals surface area (Å²) in [7, 11) is 0. The van der Waals surface area contributed by atoms with Gasteiger partial charge in [-0.15, -0.1) is 0 Å². The van der Waals surface area contributed by atoms with Crippen molar-refractivity contribution in [2.45, 2.75) is 76.9 Å². The van der Waals surface area contributed by atoms with Crippen molar-refractivity contribution in [3.63, 3.8) is 0 Å². The summed E-state index contributed by atoms with van der Waals surface area (Å²) in [6, 6.07) is 35.8. The van der Waals surface area contributed by atoms with Crippen LogP contribution < -0.4 is 21.3 Å². The van der Waals surface area contributed by atoms with Gasteiger partial charge in [0.05, 0.1) is 23.1 Å². The Morgan fingerprint density at radius 1 is 0.467 bits per heavy atom. The third-order valence-corrected chi connectivity index (χ3v) is 10.6. The van der Waals surface area contributed by atoms with E-state index >= 15 is 0 Å². The van der Waals surface area contributed by atoms with Gasteiger partial charge in [0.2, 0.25) is 11.8 Å². The number of aliphatic hydroxyl groups excluding tert-OH is 2. The Bertz CT molecular complexity index is 2240. The van der Waals surface area contributed by atoms with E-state index in [2.05, 4.69) is 31.2 Å². The van der Waals surface area contributed by atoms with E-state index in [1.807, 2.05) is 97.1 Å². The number of para-hydroxylation sites is 2. The minimum atomic E-state index is -1.61. The van der Waals surface area contributed by atoms with Gasteiger partial charge in [-0.25, -0.2) is 9.97 Å². The number of aliphatic hydroxyl groups is 2. The maximum Gasteiger partial charge on any atom is 0.270 e. The quantitative estimate of drug-likeness (QED) is 0.0730. The highest BCUT2D eigenvalue weighted by atomic mass is 16.3. The number of aromatic nitrogens is 2. The summed E-state index contributed by atoms with van der Waals surface area (Å²) in [6.45, 7) is 7.17. The molecule has 4 amide bonds. The molecule has 0 radical (unpaired) electrons. The first-order chi connectivity index (χ1) is 28.9. The average Bonchev–Trinajstić information content (AvgIpc) is 3.26. The van der Waals surface area contributed by atoms with Gasteiger partial charge in [-0.05, 0) is 60.1 Å². The predicted molar refractivity (Wildman–Crippen MR) is 232 cm³/mol. The second-order valence-electron chi connectivity index (χ2n) is 15.8. The Kier molecular flexibility index (Phi) is 14.3. The molecule has 0 aliphatic rings. The minimum absolute atomic E-state index is 0.116. The van der Waals surface area contributed by atoms with E-state index in [0.29, 0.717) is 11.0 Å². The van der Waals surface area contributed by atoms with Crippen LogP contribution in [-0.4, -0.2) is 80.2 Å². The van der Waals surface area contributed by atoms with E-state index in [0.717, 1.165) is 21.9 Å². The first-order valence-electron chi connectivity index (χ1n) is 20.3. The number of nitrogens with zero attached hydrogens (tertiary/aromatic N) is 2. The number of pyridine rings is 2. The molecule has 0 spiro atoms. The first-order valence-corrected chi connectivity index (χ1v) is 20.3. The fourth-order valence-corrected chi connectivity index (χ4v) is 7.16. The SMILES string of the molecule is CC(C)[C@H](NC(=O)c1ccc2ccccc2n1)C(=O)N[C@@H](Cc1ccccc1)[C@H](O)[C@H](O)[C@H](Cc1ccccc1)NC(=O)[C@@H](NC(=O)c1ccc2ccccc2n1)C(C)C. The number of fused-ring (bicyclic) bond motifs is 2. The van der Waals surface area contributed by atoms with Crippen molar-refractivity contribution >= 4 is 45.4 Å². The van der Waals surface area contributed by atoms with E-state index in [-0.39, 0.29) is 36.1 Å². The molecule has 6 N–H and O–H groups in total. The fourth-order valence-electron chi connectivity index (χ4n) is 7.16. The molecule has 12 nitrogen and oxygen atoms in total. The van der Waals surface area contributed by atoms with Crippen molar-refractivity contribution in [2.75, 3.05) is 0 Å². The molecule has 0 saturated heterocycles. The summed E-state index contributed by atoms with van der Waals surface area (Å²) in [5.74, 6) is -2.95. The number of hydrogen-bond acceptors (Lipinski definition) is 8. The highest BCUT2D eigenvalue weighted by molar-refractivity contribution is 5.99. The number of amides is 4. The van der Waals surface area contributed by atoms with Crippen LogP contribution in [0.15, 0.2) is 133 Å². The van der Waals surface area contributed by atoms with Crippen LogP contribution >= 0.6 is 0 Å².